The first-order chi connectivity index (χ1) is 12.1. The predicted molar refractivity (Wildman–Crippen MR) is 86.6 cm³/mol. The number of carbonyl (C=O) groups is 1. The molecule has 130 valence electrons. The highest BCUT2D eigenvalue weighted by Gasteiger charge is 2.60. The molecule has 2 aromatic heterocycles. The van der Waals surface area contributed by atoms with Gasteiger partial charge in [0.25, 0.3) is 5.91 Å². The average molecular weight is 340 g/mol. The van der Waals surface area contributed by atoms with E-state index in [2.05, 4.69) is 25.7 Å². The van der Waals surface area contributed by atoms with E-state index in [1.165, 1.54) is 31.2 Å². The molecule has 0 aromatic carbocycles. The Kier molecular flexibility index (Phi) is 2.96. The summed E-state index contributed by atoms with van der Waals surface area (Å²) >= 11 is 0. The Morgan fingerprint density at radius 3 is 2.72 bits per heavy atom. The summed E-state index contributed by atoms with van der Waals surface area (Å²) in [5, 5.41) is 25.3. The maximum Gasteiger partial charge on any atom is 0.253 e. The average Bonchev–Trinajstić information content (AvgIpc) is 3.08. The first-order valence-corrected chi connectivity index (χ1v) is 8.76. The van der Waals surface area contributed by atoms with E-state index in [-0.39, 0.29) is 22.7 Å². The van der Waals surface area contributed by atoms with Crippen molar-refractivity contribution in [2.45, 2.75) is 49.6 Å². The van der Waals surface area contributed by atoms with E-state index in [0.29, 0.717) is 17.4 Å². The van der Waals surface area contributed by atoms with Crippen LogP contribution in [0.3, 0.4) is 0 Å². The Labute approximate surface area is 144 Å². The fourth-order valence-electron chi connectivity index (χ4n) is 5.84. The maximum atomic E-state index is 12.8. The Hall–Kier alpha value is -2.51. The molecule has 0 spiro atoms. The smallest absolute Gasteiger partial charge is 0.253 e. The molecule has 4 atom stereocenters. The first kappa shape index (κ1) is 14.8. The van der Waals surface area contributed by atoms with E-state index < -0.39 is 0 Å². The van der Waals surface area contributed by atoms with Crippen LogP contribution in [0, 0.1) is 11.8 Å². The van der Waals surface area contributed by atoms with Crippen LogP contribution in [-0.2, 0) is 5.54 Å². The monoisotopic (exact) mass is 340 g/mol. The minimum absolute atomic E-state index is 0.00134. The lowest BCUT2D eigenvalue weighted by Gasteiger charge is -2.61. The van der Waals surface area contributed by atoms with Gasteiger partial charge in [-0.1, -0.05) is 0 Å². The second-order valence-electron chi connectivity index (χ2n) is 8.08. The minimum Gasteiger partial charge on any atom is -0.506 e. The largest absolute Gasteiger partial charge is 0.506 e. The van der Waals surface area contributed by atoms with E-state index in [9.17, 15) is 9.90 Å². The standard InChI is InChI=1S/C17H20N6O2/c24-14-2-13(7-18-8-14)15(25)21-16-3-11-1-12(4-16)6-17(5-11,9-16)23-20-10-19-22-23/h2,7-8,10-12,24H,1,3-6,9H2,(H,21,25)/t11-,12+,16?,17?. The molecular formula is C17H20N6O2. The number of carbonyl (C=O) groups excluding carboxylic acids is 1. The van der Waals surface area contributed by atoms with Gasteiger partial charge in [0.05, 0.1) is 17.3 Å². The highest BCUT2D eigenvalue weighted by Crippen LogP contribution is 2.60. The van der Waals surface area contributed by atoms with E-state index in [0.717, 1.165) is 32.1 Å². The molecule has 4 bridgehead atoms. The van der Waals surface area contributed by atoms with Crippen molar-refractivity contribution < 1.29 is 9.90 Å². The van der Waals surface area contributed by atoms with E-state index in [1.807, 2.05) is 0 Å². The van der Waals surface area contributed by atoms with Gasteiger partial charge in [0, 0.05) is 11.7 Å². The number of nitrogens with zero attached hydrogens (tertiary/aromatic N) is 5. The van der Waals surface area contributed by atoms with Crippen molar-refractivity contribution >= 4 is 5.91 Å². The van der Waals surface area contributed by atoms with Crippen molar-refractivity contribution in [1.82, 2.24) is 30.5 Å². The molecule has 4 saturated carbocycles. The minimum atomic E-state index is -0.236. The number of hydrogen-bond donors (Lipinski definition) is 2. The molecule has 1 amide bonds. The summed E-state index contributed by atoms with van der Waals surface area (Å²) < 4.78 is 0. The van der Waals surface area contributed by atoms with E-state index in [4.69, 9.17) is 0 Å². The lowest BCUT2D eigenvalue weighted by molar-refractivity contribution is -0.0810. The molecule has 0 saturated heterocycles. The number of tetrazole rings is 1. The Morgan fingerprint density at radius 1 is 1.24 bits per heavy atom. The summed E-state index contributed by atoms with van der Waals surface area (Å²) in [5.74, 6) is 0.984. The Bertz CT molecular complexity index is 806. The SMILES string of the molecule is O=C(NC12C[C@H]3C[C@@H](C1)CC(n1ncnn1)(C3)C2)c1cncc(O)c1. The van der Waals surface area contributed by atoms with Crippen molar-refractivity contribution in [2.75, 3.05) is 0 Å². The molecule has 4 fully saturated rings. The molecule has 0 radical (unpaired) electrons. The van der Waals surface area contributed by atoms with Gasteiger partial charge in [-0.05, 0) is 61.6 Å². The third-order valence-corrected chi connectivity index (χ3v) is 6.17. The van der Waals surface area contributed by atoms with Crippen LogP contribution in [0.25, 0.3) is 0 Å². The van der Waals surface area contributed by atoms with Gasteiger partial charge in [0.15, 0.2) is 6.33 Å². The number of rotatable bonds is 3. The molecule has 8 heteroatoms. The van der Waals surface area contributed by atoms with Crippen LogP contribution in [0.4, 0.5) is 0 Å². The number of aromatic hydroxyl groups is 1. The summed E-state index contributed by atoms with van der Waals surface area (Å²) in [4.78, 5) is 18.4. The molecular weight excluding hydrogens is 320 g/mol. The van der Waals surface area contributed by atoms with Gasteiger partial charge in [-0.2, -0.15) is 4.80 Å². The lowest BCUT2D eigenvalue weighted by Crippen LogP contribution is -2.66. The second-order valence-corrected chi connectivity index (χ2v) is 8.08. The van der Waals surface area contributed by atoms with Gasteiger partial charge in [0.1, 0.15) is 5.75 Å². The Morgan fingerprint density at radius 2 is 2.04 bits per heavy atom. The maximum absolute atomic E-state index is 12.8. The van der Waals surface area contributed by atoms with Gasteiger partial charge in [-0.3, -0.25) is 9.78 Å². The third-order valence-electron chi connectivity index (χ3n) is 6.17. The number of amides is 1. The molecule has 2 aromatic rings. The number of aromatic nitrogens is 5. The van der Waals surface area contributed by atoms with Crippen LogP contribution in [0.2, 0.25) is 0 Å². The van der Waals surface area contributed by atoms with E-state index >= 15 is 0 Å². The summed E-state index contributed by atoms with van der Waals surface area (Å²) in [6.45, 7) is 0. The van der Waals surface area contributed by atoms with Crippen LogP contribution in [0.15, 0.2) is 24.8 Å². The summed E-state index contributed by atoms with van der Waals surface area (Å²) in [6.07, 6.45) is 10.5. The fourth-order valence-corrected chi connectivity index (χ4v) is 5.84. The molecule has 8 nitrogen and oxygen atoms in total. The molecule has 4 aliphatic carbocycles. The zero-order valence-electron chi connectivity index (χ0n) is 13.8. The van der Waals surface area contributed by atoms with Crippen molar-refractivity contribution in [1.29, 1.82) is 0 Å². The van der Waals surface area contributed by atoms with Gasteiger partial charge >= 0.3 is 0 Å². The first-order valence-electron chi connectivity index (χ1n) is 8.76. The van der Waals surface area contributed by atoms with Crippen molar-refractivity contribution in [3.63, 3.8) is 0 Å². The van der Waals surface area contributed by atoms with Crippen LogP contribution >= 0.6 is 0 Å². The second kappa shape index (κ2) is 5.00. The highest BCUT2D eigenvalue weighted by molar-refractivity contribution is 5.94. The molecule has 4 aliphatic rings. The van der Waals surface area contributed by atoms with Crippen molar-refractivity contribution in [2.24, 2.45) is 11.8 Å². The number of hydrogen-bond acceptors (Lipinski definition) is 6. The van der Waals surface area contributed by atoms with Crippen LogP contribution in [0.1, 0.15) is 48.9 Å². The Balaban J connectivity index is 1.46. The molecule has 0 aliphatic heterocycles. The van der Waals surface area contributed by atoms with Crippen LogP contribution in [-0.4, -0.2) is 41.7 Å². The molecule has 25 heavy (non-hydrogen) atoms. The highest BCUT2D eigenvalue weighted by atomic mass is 16.3. The van der Waals surface area contributed by atoms with Crippen molar-refractivity contribution in [3.05, 3.63) is 30.4 Å². The number of nitrogens with one attached hydrogen (secondary N) is 1. The quantitative estimate of drug-likeness (QED) is 0.871. The normalized spacial score (nSPS) is 35.7. The van der Waals surface area contributed by atoms with Gasteiger partial charge in [-0.25, -0.2) is 0 Å². The molecule has 2 N–H and O–H groups in total. The van der Waals surface area contributed by atoms with Gasteiger partial charge in [-0.15, -0.1) is 10.2 Å². The zero-order chi connectivity index (χ0) is 17.1. The van der Waals surface area contributed by atoms with Crippen LogP contribution < -0.4 is 5.32 Å². The summed E-state index contributed by atoms with van der Waals surface area (Å²) in [6, 6.07) is 1.46. The molecule has 2 unspecified atom stereocenters. The van der Waals surface area contributed by atoms with Gasteiger partial charge in [0.2, 0.25) is 0 Å². The molecule has 2 heterocycles. The fraction of sp³-hybridized carbons (Fsp3) is 0.588. The van der Waals surface area contributed by atoms with E-state index in [1.54, 1.807) is 4.80 Å². The zero-order valence-corrected chi connectivity index (χ0v) is 13.8. The van der Waals surface area contributed by atoms with Crippen LogP contribution in [0.5, 0.6) is 5.75 Å². The number of pyridine rings is 1. The predicted octanol–water partition coefficient (Wildman–Crippen LogP) is 1.25. The van der Waals surface area contributed by atoms with Crippen molar-refractivity contribution in [3.8, 4) is 5.75 Å². The lowest BCUT2D eigenvalue weighted by atomic mass is 9.50. The molecule has 6 rings (SSSR count). The topological polar surface area (TPSA) is 106 Å². The summed E-state index contributed by atoms with van der Waals surface area (Å²) in [5.41, 5.74) is 0.0224. The third kappa shape index (κ3) is 2.31. The van der Waals surface area contributed by atoms with Gasteiger partial charge < -0.3 is 10.4 Å². The summed E-state index contributed by atoms with van der Waals surface area (Å²) in [7, 11) is 0.